The summed E-state index contributed by atoms with van der Waals surface area (Å²) in [4.78, 5) is 31.6. The van der Waals surface area contributed by atoms with E-state index in [0.29, 0.717) is 54.9 Å². The number of para-hydroxylation sites is 1. The molecule has 11 nitrogen and oxygen atoms in total. The summed E-state index contributed by atoms with van der Waals surface area (Å²) in [6.45, 7) is 4.31. The van der Waals surface area contributed by atoms with Gasteiger partial charge in [-0.15, -0.1) is 10.2 Å². The van der Waals surface area contributed by atoms with Crippen molar-refractivity contribution >= 4 is 5.91 Å². The largest absolute Gasteiger partial charge is 0.494 e. The minimum atomic E-state index is -0.579. The molecule has 1 N–H and O–H groups in total. The lowest BCUT2D eigenvalue weighted by molar-refractivity contribution is -0.128. The molecule has 1 aliphatic carbocycles. The van der Waals surface area contributed by atoms with Crippen molar-refractivity contribution in [2.24, 2.45) is 5.92 Å². The third-order valence-corrected chi connectivity index (χ3v) is 6.34. The third-order valence-electron chi connectivity index (χ3n) is 6.34. The van der Waals surface area contributed by atoms with Crippen LogP contribution in [-0.4, -0.2) is 63.0 Å². The molecule has 0 saturated heterocycles. The Balaban J connectivity index is 1.79. The summed E-state index contributed by atoms with van der Waals surface area (Å²) in [6, 6.07) is 5.21. The van der Waals surface area contributed by atoms with Gasteiger partial charge in [-0.3, -0.25) is 14.2 Å². The van der Waals surface area contributed by atoms with Crippen LogP contribution in [0.2, 0.25) is 0 Å². The molecule has 2 aromatic heterocycles. The molecule has 1 aromatic carbocycles. The van der Waals surface area contributed by atoms with E-state index in [4.69, 9.17) is 13.9 Å². The molecular formula is C25H31N5O6. The maximum Gasteiger partial charge on any atom is 0.275 e. The molecule has 2 heterocycles. The first kappa shape index (κ1) is 25.2. The second-order valence-electron chi connectivity index (χ2n) is 8.71. The zero-order valence-electron chi connectivity index (χ0n) is 21.0. The number of methoxy groups -OCH3 is 2. The van der Waals surface area contributed by atoms with Crippen LogP contribution in [0.1, 0.15) is 44.8 Å². The van der Waals surface area contributed by atoms with E-state index in [1.807, 2.05) is 6.92 Å². The van der Waals surface area contributed by atoms with Crippen LogP contribution in [0.3, 0.4) is 0 Å². The Labute approximate surface area is 208 Å². The lowest BCUT2D eigenvalue weighted by Crippen LogP contribution is -2.30. The van der Waals surface area contributed by atoms with E-state index < -0.39 is 11.4 Å². The number of benzene rings is 1. The molecule has 0 radical (unpaired) electrons. The summed E-state index contributed by atoms with van der Waals surface area (Å²) < 4.78 is 18.2. The first-order valence-electron chi connectivity index (χ1n) is 12.0. The third kappa shape index (κ3) is 5.19. The maximum atomic E-state index is 13.9. The molecule has 4 rings (SSSR count). The molecule has 0 unspecified atom stereocenters. The van der Waals surface area contributed by atoms with E-state index >= 15 is 0 Å². The number of likely N-dealkylation sites (N-methyl/N-ethyl adjacent to an activating group) is 1. The molecule has 36 heavy (non-hydrogen) atoms. The number of aromatic nitrogens is 4. The number of carbonyl (C=O) groups excluding carboxylic acids is 1. The van der Waals surface area contributed by atoms with Crippen LogP contribution in [0.15, 0.2) is 27.4 Å². The van der Waals surface area contributed by atoms with Gasteiger partial charge in [0.05, 0.1) is 14.2 Å². The number of amides is 1. The van der Waals surface area contributed by atoms with Gasteiger partial charge in [0.15, 0.2) is 5.56 Å². The molecule has 0 atom stereocenters. The Morgan fingerprint density at radius 1 is 1.19 bits per heavy atom. The average molecular weight is 498 g/mol. The Morgan fingerprint density at radius 3 is 2.47 bits per heavy atom. The van der Waals surface area contributed by atoms with Crippen LogP contribution < -0.4 is 15.0 Å². The molecule has 0 spiro atoms. The minimum Gasteiger partial charge on any atom is -0.494 e. The van der Waals surface area contributed by atoms with Gasteiger partial charge in [0, 0.05) is 32.9 Å². The zero-order valence-corrected chi connectivity index (χ0v) is 21.0. The second-order valence-corrected chi connectivity index (χ2v) is 8.71. The average Bonchev–Trinajstić information content (AvgIpc) is 3.59. The van der Waals surface area contributed by atoms with Gasteiger partial charge in [0.1, 0.15) is 23.0 Å². The van der Waals surface area contributed by atoms with Gasteiger partial charge in [-0.05, 0) is 31.4 Å². The maximum absolute atomic E-state index is 13.9. The highest BCUT2D eigenvalue weighted by Gasteiger charge is 2.28. The van der Waals surface area contributed by atoms with E-state index in [-0.39, 0.29) is 23.3 Å². The van der Waals surface area contributed by atoms with Crippen molar-refractivity contribution in [3.05, 3.63) is 40.3 Å². The van der Waals surface area contributed by atoms with Crippen LogP contribution in [0.25, 0.3) is 17.1 Å². The van der Waals surface area contributed by atoms with Crippen molar-refractivity contribution in [3.63, 3.8) is 0 Å². The Hall–Kier alpha value is -3.89. The number of carbonyl (C=O) groups is 1. The summed E-state index contributed by atoms with van der Waals surface area (Å²) >= 11 is 0. The molecule has 0 aliphatic heterocycles. The first-order chi connectivity index (χ1) is 17.4. The monoisotopic (exact) mass is 497 g/mol. The van der Waals surface area contributed by atoms with Crippen LogP contribution >= 0.6 is 0 Å². The van der Waals surface area contributed by atoms with Crippen LogP contribution in [0, 0.1) is 5.92 Å². The molecule has 3 aromatic rings. The van der Waals surface area contributed by atoms with E-state index in [1.54, 1.807) is 23.1 Å². The van der Waals surface area contributed by atoms with Gasteiger partial charge in [0.25, 0.3) is 11.4 Å². The number of rotatable bonds is 11. The van der Waals surface area contributed by atoms with Gasteiger partial charge in [-0.25, -0.2) is 0 Å². The summed E-state index contributed by atoms with van der Waals surface area (Å²) in [5, 5.41) is 18.8. The van der Waals surface area contributed by atoms with E-state index in [2.05, 4.69) is 15.2 Å². The Kier molecular flexibility index (Phi) is 7.56. The Bertz CT molecular complexity index is 1270. The van der Waals surface area contributed by atoms with Gasteiger partial charge < -0.3 is 23.9 Å². The van der Waals surface area contributed by atoms with E-state index in [1.165, 1.54) is 25.7 Å². The lowest BCUT2D eigenvalue weighted by Gasteiger charge is -2.19. The highest BCUT2D eigenvalue weighted by atomic mass is 16.5. The number of hydrogen-bond acceptors (Lipinski definition) is 9. The fourth-order valence-corrected chi connectivity index (χ4v) is 4.15. The predicted octanol–water partition coefficient (Wildman–Crippen LogP) is 2.76. The molecule has 192 valence electrons. The topological polar surface area (TPSA) is 133 Å². The van der Waals surface area contributed by atoms with Gasteiger partial charge in [-0.1, -0.05) is 18.9 Å². The SMILES string of the molecule is CCN(CCc1nnc(-c2c(O)nc(CCC3CC3)n(-c3c(OC)cccc3OC)c2=O)o1)C(C)=O. The zero-order chi connectivity index (χ0) is 25.8. The molecular weight excluding hydrogens is 466 g/mol. The normalized spacial score (nSPS) is 13.0. The summed E-state index contributed by atoms with van der Waals surface area (Å²) in [6.07, 6.45) is 3.94. The minimum absolute atomic E-state index is 0.0606. The molecule has 11 heteroatoms. The smallest absolute Gasteiger partial charge is 0.275 e. The van der Waals surface area contributed by atoms with Crippen LogP contribution in [0.5, 0.6) is 17.4 Å². The molecule has 1 amide bonds. The van der Waals surface area contributed by atoms with Gasteiger partial charge in [-0.2, -0.15) is 4.98 Å². The van der Waals surface area contributed by atoms with Gasteiger partial charge in [0.2, 0.25) is 17.7 Å². The number of aromatic hydroxyl groups is 1. The van der Waals surface area contributed by atoms with Crippen molar-refractivity contribution in [2.75, 3.05) is 27.3 Å². The van der Waals surface area contributed by atoms with Crippen molar-refractivity contribution in [2.45, 2.75) is 46.0 Å². The van der Waals surface area contributed by atoms with Crippen molar-refractivity contribution in [1.29, 1.82) is 0 Å². The number of aryl methyl sites for hydroxylation is 1. The summed E-state index contributed by atoms with van der Waals surface area (Å²) in [5.41, 5.74) is -0.409. The fraction of sp³-hybridized carbons (Fsp3) is 0.480. The molecule has 1 aliphatic rings. The fourth-order valence-electron chi connectivity index (χ4n) is 4.15. The molecule has 1 fully saturated rings. The number of hydrogen-bond donors (Lipinski definition) is 1. The quantitative estimate of drug-likeness (QED) is 0.424. The van der Waals surface area contributed by atoms with Crippen molar-refractivity contribution < 1.29 is 23.8 Å². The summed E-state index contributed by atoms with van der Waals surface area (Å²) in [5.74, 6) is 1.35. The van der Waals surface area contributed by atoms with E-state index in [0.717, 1.165) is 19.3 Å². The lowest BCUT2D eigenvalue weighted by atomic mass is 10.1. The number of ether oxygens (including phenoxy) is 2. The van der Waals surface area contributed by atoms with E-state index in [9.17, 15) is 14.7 Å². The second kappa shape index (κ2) is 10.8. The van der Waals surface area contributed by atoms with Gasteiger partial charge >= 0.3 is 0 Å². The summed E-state index contributed by atoms with van der Waals surface area (Å²) in [7, 11) is 3.01. The highest BCUT2D eigenvalue weighted by Crippen LogP contribution is 2.36. The highest BCUT2D eigenvalue weighted by molar-refractivity contribution is 5.73. The van der Waals surface area contributed by atoms with Crippen LogP contribution in [0.4, 0.5) is 0 Å². The van der Waals surface area contributed by atoms with Crippen LogP contribution in [-0.2, 0) is 17.6 Å². The van der Waals surface area contributed by atoms with Crippen molar-refractivity contribution in [1.82, 2.24) is 24.6 Å². The Morgan fingerprint density at radius 2 is 1.89 bits per heavy atom. The standard InChI is InChI=1S/C25H31N5O6/c1-5-29(15(2)31)14-13-20-27-28-24(36-20)21-23(32)26-19(12-11-16-9-10-16)30(25(21)33)22-17(34-3)7-6-8-18(22)35-4/h6-8,16,32H,5,9-14H2,1-4H3. The molecule has 1 saturated carbocycles. The molecule has 0 bridgehead atoms. The van der Waals surface area contributed by atoms with Crippen molar-refractivity contribution in [3.8, 4) is 34.5 Å². The predicted molar refractivity (Wildman–Crippen MR) is 131 cm³/mol. The first-order valence-corrected chi connectivity index (χ1v) is 12.0. The number of nitrogens with zero attached hydrogens (tertiary/aromatic N) is 5.